The molecule has 4 nitrogen and oxygen atoms in total. The fourth-order valence-electron chi connectivity index (χ4n) is 2.53. The summed E-state index contributed by atoms with van der Waals surface area (Å²) < 4.78 is 59.7. The zero-order valence-electron chi connectivity index (χ0n) is 15.2. The Morgan fingerprint density at radius 1 is 1.15 bits per heavy atom. The molecule has 1 aliphatic heterocycles. The molecule has 1 aliphatic rings. The summed E-state index contributed by atoms with van der Waals surface area (Å²) in [7, 11) is 0. The predicted octanol–water partition coefficient (Wildman–Crippen LogP) is 4.44. The van der Waals surface area contributed by atoms with Gasteiger partial charge in [0.1, 0.15) is 12.6 Å². The Kier molecular flexibility index (Phi) is 4.11. The Balaban J connectivity index is 1.94. The van der Waals surface area contributed by atoms with E-state index in [-0.39, 0.29) is 5.56 Å². The largest absolute Gasteiger partial charge is 0.446 e. The quantitative estimate of drug-likeness (QED) is 0.758. The molecule has 2 aromatic rings. The van der Waals surface area contributed by atoms with Crippen LogP contribution < -0.4 is 0 Å². The summed E-state index contributed by atoms with van der Waals surface area (Å²) in [6, 6.07) is 11.2. The first-order valence-corrected chi connectivity index (χ1v) is 7.56. The van der Waals surface area contributed by atoms with Gasteiger partial charge in [-0.15, -0.1) is 0 Å². The van der Waals surface area contributed by atoms with Crippen molar-refractivity contribution in [3.05, 3.63) is 77.4 Å². The third kappa shape index (κ3) is 3.61. The van der Waals surface area contributed by atoms with Gasteiger partial charge >= 0.3 is 12.3 Å². The second kappa shape index (κ2) is 7.03. The van der Waals surface area contributed by atoms with E-state index in [4.69, 9.17) is 2.74 Å². The molecule has 2 amide bonds. The van der Waals surface area contributed by atoms with Crippen LogP contribution in [-0.2, 0) is 15.7 Å². The van der Waals surface area contributed by atoms with Gasteiger partial charge in [-0.05, 0) is 23.3 Å². The fourth-order valence-corrected chi connectivity index (χ4v) is 2.53. The molecule has 0 spiro atoms. The molecular weight excluding hydrogens is 347 g/mol. The van der Waals surface area contributed by atoms with Crippen molar-refractivity contribution in [2.24, 2.45) is 0 Å². The summed E-state index contributed by atoms with van der Waals surface area (Å²) in [6.07, 6.45) is -4.09. The molecule has 1 fully saturated rings. The number of rotatable bonds is 3. The number of alkyl halides is 3. The van der Waals surface area contributed by atoms with Crippen LogP contribution in [0.4, 0.5) is 18.0 Å². The van der Waals surface area contributed by atoms with Crippen LogP contribution in [0.25, 0.3) is 6.08 Å². The van der Waals surface area contributed by atoms with Crippen LogP contribution in [0.5, 0.6) is 0 Å². The normalized spacial score (nSPS) is 20.7. The lowest BCUT2D eigenvalue weighted by Crippen LogP contribution is -2.32. The Bertz CT molecular complexity index is 930. The van der Waals surface area contributed by atoms with E-state index >= 15 is 0 Å². The monoisotopic (exact) mass is 363 g/mol. The summed E-state index contributed by atoms with van der Waals surface area (Å²) >= 11 is 0. The number of halogens is 3. The SMILES string of the molecule is [2H]C1([2H])OC(=O)N(C(=O)/C=C/c2ccccc2C(F)(F)F)[C@H]1c1ccccc1. The van der Waals surface area contributed by atoms with Gasteiger partial charge < -0.3 is 4.74 Å². The first kappa shape index (κ1) is 15.2. The van der Waals surface area contributed by atoms with Crippen LogP contribution in [-0.4, -0.2) is 23.5 Å². The van der Waals surface area contributed by atoms with Crippen LogP contribution in [0.15, 0.2) is 60.7 Å². The predicted molar refractivity (Wildman–Crippen MR) is 87.9 cm³/mol. The van der Waals surface area contributed by atoms with Gasteiger partial charge in [-0.2, -0.15) is 13.2 Å². The minimum atomic E-state index is -4.61. The molecule has 0 N–H and O–H groups in total. The highest BCUT2D eigenvalue weighted by atomic mass is 19.4. The van der Waals surface area contributed by atoms with E-state index in [2.05, 4.69) is 4.74 Å². The summed E-state index contributed by atoms with van der Waals surface area (Å²) in [6.45, 7) is -2.48. The van der Waals surface area contributed by atoms with E-state index in [1.54, 1.807) is 18.2 Å². The van der Waals surface area contributed by atoms with Crippen molar-refractivity contribution in [3.63, 3.8) is 0 Å². The minimum absolute atomic E-state index is 0.254. The molecule has 26 heavy (non-hydrogen) atoms. The number of nitrogens with zero attached hydrogens (tertiary/aromatic N) is 1. The first-order chi connectivity index (χ1) is 13.1. The molecule has 134 valence electrons. The molecule has 0 radical (unpaired) electrons. The van der Waals surface area contributed by atoms with E-state index in [0.717, 1.165) is 18.2 Å². The van der Waals surface area contributed by atoms with E-state index in [1.807, 2.05) is 0 Å². The number of hydrogen-bond donors (Lipinski definition) is 0. The molecule has 0 saturated carbocycles. The summed E-state index contributed by atoms with van der Waals surface area (Å²) in [4.78, 5) is 25.2. The van der Waals surface area contributed by atoms with Crippen molar-refractivity contribution < 1.29 is 30.2 Å². The Hall–Kier alpha value is -3.09. The lowest BCUT2D eigenvalue weighted by atomic mass is 10.1. The summed E-state index contributed by atoms with van der Waals surface area (Å²) in [5.41, 5.74) is -0.871. The van der Waals surface area contributed by atoms with Crippen molar-refractivity contribution in [3.8, 4) is 0 Å². The summed E-state index contributed by atoms with van der Waals surface area (Å²) in [5.74, 6) is -0.989. The van der Waals surface area contributed by atoms with Gasteiger partial charge in [-0.3, -0.25) is 4.79 Å². The van der Waals surface area contributed by atoms with Gasteiger partial charge in [0.25, 0.3) is 5.91 Å². The van der Waals surface area contributed by atoms with Crippen molar-refractivity contribution in [2.75, 3.05) is 6.56 Å². The number of ether oxygens (including phenoxy) is 1. The van der Waals surface area contributed by atoms with E-state index in [0.29, 0.717) is 10.5 Å². The number of imide groups is 1. The van der Waals surface area contributed by atoms with Gasteiger partial charge in [0.05, 0.1) is 8.30 Å². The smallest absolute Gasteiger partial charge is 0.417 e. The van der Waals surface area contributed by atoms with Crippen molar-refractivity contribution >= 4 is 18.1 Å². The van der Waals surface area contributed by atoms with Crippen LogP contribution in [0.1, 0.15) is 25.5 Å². The zero-order valence-corrected chi connectivity index (χ0v) is 13.2. The number of benzene rings is 2. The Labute approximate surface area is 150 Å². The number of cyclic esters (lactones) is 1. The third-order valence-electron chi connectivity index (χ3n) is 3.74. The molecule has 2 aromatic carbocycles. The average molecular weight is 363 g/mol. The maximum absolute atomic E-state index is 13.1. The van der Waals surface area contributed by atoms with Gasteiger partial charge in [0.15, 0.2) is 0 Å². The van der Waals surface area contributed by atoms with Crippen molar-refractivity contribution in [1.29, 1.82) is 0 Å². The van der Waals surface area contributed by atoms with Crippen molar-refractivity contribution in [2.45, 2.75) is 12.2 Å². The zero-order chi connectivity index (χ0) is 20.5. The van der Waals surface area contributed by atoms with Crippen LogP contribution in [0.3, 0.4) is 0 Å². The second-order valence-electron chi connectivity index (χ2n) is 5.43. The lowest BCUT2D eigenvalue weighted by molar-refractivity contribution is -0.137. The van der Waals surface area contributed by atoms with Gasteiger partial charge in [-0.1, -0.05) is 48.5 Å². The van der Waals surface area contributed by atoms with E-state index < -0.39 is 36.3 Å². The van der Waals surface area contributed by atoms with Gasteiger partial charge in [0.2, 0.25) is 0 Å². The molecule has 1 heterocycles. The lowest BCUT2D eigenvalue weighted by Gasteiger charge is -2.18. The van der Waals surface area contributed by atoms with Crippen LogP contribution in [0, 0.1) is 0 Å². The molecule has 1 atom stereocenters. The molecule has 0 aliphatic carbocycles. The standard InChI is InChI=1S/C19H14F3NO3/c20-19(21,22)15-9-5-4-6-13(15)10-11-17(24)23-16(12-26-18(23)25)14-7-2-1-3-8-14/h1-11,16H,12H2/b11-10+/t16-/m1/s1/i12D2. The molecular formula is C19H14F3NO3. The van der Waals surface area contributed by atoms with E-state index in [1.165, 1.54) is 30.3 Å². The topological polar surface area (TPSA) is 46.6 Å². The fraction of sp³-hybridized carbons (Fsp3) is 0.158. The molecule has 3 rings (SSSR count). The number of carbonyl (C=O) groups excluding carboxylic acids is 2. The second-order valence-corrected chi connectivity index (χ2v) is 5.43. The molecule has 1 saturated heterocycles. The Morgan fingerprint density at radius 3 is 2.50 bits per heavy atom. The Morgan fingerprint density at radius 2 is 1.81 bits per heavy atom. The maximum atomic E-state index is 13.1. The highest BCUT2D eigenvalue weighted by Gasteiger charge is 2.38. The third-order valence-corrected chi connectivity index (χ3v) is 3.74. The number of hydrogen-bond acceptors (Lipinski definition) is 3. The van der Waals surface area contributed by atoms with Crippen molar-refractivity contribution in [1.82, 2.24) is 4.90 Å². The summed E-state index contributed by atoms with van der Waals surface area (Å²) in [5, 5.41) is 0. The maximum Gasteiger partial charge on any atom is 0.417 e. The minimum Gasteiger partial charge on any atom is -0.446 e. The highest BCUT2D eigenvalue weighted by Crippen LogP contribution is 2.33. The number of amides is 2. The first-order valence-electron chi connectivity index (χ1n) is 8.56. The van der Waals surface area contributed by atoms with Gasteiger partial charge in [0, 0.05) is 6.08 Å². The highest BCUT2D eigenvalue weighted by molar-refractivity contribution is 6.02. The average Bonchev–Trinajstić information content (AvgIpc) is 2.88. The van der Waals surface area contributed by atoms with E-state index in [9.17, 15) is 22.8 Å². The molecule has 0 unspecified atom stereocenters. The number of carbonyl (C=O) groups is 2. The molecule has 0 bridgehead atoms. The molecule has 7 heteroatoms. The molecule has 0 aromatic heterocycles. The van der Waals surface area contributed by atoms with Crippen LogP contribution in [0.2, 0.25) is 0 Å². The van der Waals surface area contributed by atoms with Gasteiger partial charge in [-0.25, -0.2) is 9.69 Å². The van der Waals surface area contributed by atoms with Crippen LogP contribution >= 0.6 is 0 Å².